The van der Waals surface area contributed by atoms with Crippen molar-refractivity contribution >= 4 is 39.1 Å². The van der Waals surface area contributed by atoms with Crippen LogP contribution >= 0.6 is 23.1 Å². The number of H-pyrrole nitrogens is 1. The molecule has 0 aliphatic rings. The first-order chi connectivity index (χ1) is 13.5. The predicted molar refractivity (Wildman–Crippen MR) is 115 cm³/mol. The average Bonchev–Trinajstić information content (AvgIpc) is 3.29. The van der Waals surface area contributed by atoms with E-state index < -0.39 is 0 Å². The Bertz CT molecular complexity index is 1240. The standard InChI is InChI=1S/C21H19N3O2S2/c1-12-6-4-7-15(10-12)24-20(26)18-13(2)14(3)28-19(18)23-21(24)27-11-17(25)16-8-5-9-22-16/h4-10,22H,11H2,1-3H3. The van der Waals surface area contributed by atoms with Gasteiger partial charge in [-0.3, -0.25) is 14.2 Å². The molecule has 0 bridgehead atoms. The molecule has 7 heteroatoms. The number of aromatic nitrogens is 3. The Morgan fingerprint density at radius 2 is 2.04 bits per heavy atom. The van der Waals surface area contributed by atoms with Crippen molar-refractivity contribution in [1.29, 1.82) is 0 Å². The Balaban J connectivity index is 1.85. The van der Waals surface area contributed by atoms with E-state index in [2.05, 4.69) is 4.98 Å². The molecule has 1 aromatic carbocycles. The summed E-state index contributed by atoms with van der Waals surface area (Å²) >= 11 is 2.80. The third-order valence-electron chi connectivity index (χ3n) is 4.66. The van der Waals surface area contributed by atoms with E-state index in [1.54, 1.807) is 22.9 Å². The third kappa shape index (κ3) is 3.31. The summed E-state index contributed by atoms with van der Waals surface area (Å²) < 4.78 is 1.63. The van der Waals surface area contributed by atoms with Crippen molar-refractivity contribution < 1.29 is 4.79 Å². The number of Topliss-reactive ketones (excluding diaryl/α,β-unsaturated/α-hetero) is 1. The van der Waals surface area contributed by atoms with Crippen LogP contribution in [-0.2, 0) is 0 Å². The lowest BCUT2D eigenvalue weighted by Crippen LogP contribution is -2.22. The maximum absolute atomic E-state index is 13.4. The minimum absolute atomic E-state index is 0.0290. The second kappa shape index (κ2) is 7.41. The van der Waals surface area contributed by atoms with Crippen molar-refractivity contribution in [2.24, 2.45) is 0 Å². The molecule has 0 unspecified atom stereocenters. The van der Waals surface area contributed by atoms with E-state index in [1.807, 2.05) is 45.0 Å². The molecule has 0 saturated carbocycles. The van der Waals surface area contributed by atoms with Gasteiger partial charge in [-0.1, -0.05) is 23.9 Å². The molecule has 0 saturated heterocycles. The molecule has 5 nitrogen and oxygen atoms in total. The highest BCUT2D eigenvalue weighted by Crippen LogP contribution is 2.30. The lowest BCUT2D eigenvalue weighted by molar-refractivity contribution is 0.101. The number of aryl methyl sites for hydroxylation is 3. The quantitative estimate of drug-likeness (QED) is 0.295. The molecule has 0 aliphatic heterocycles. The number of ketones is 1. The summed E-state index contributed by atoms with van der Waals surface area (Å²) in [7, 11) is 0. The van der Waals surface area contributed by atoms with Gasteiger partial charge >= 0.3 is 0 Å². The van der Waals surface area contributed by atoms with Gasteiger partial charge < -0.3 is 4.98 Å². The van der Waals surface area contributed by atoms with Crippen molar-refractivity contribution in [1.82, 2.24) is 14.5 Å². The highest BCUT2D eigenvalue weighted by Gasteiger charge is 2.19. The molecule has 3 aromatic heterocycles. The average molecular weight is 410 g/mol. The van der Waals surface area contributed by atoms with Crippen molar-refractivity contribution in [2.45, 2.75) is 25.9 Å². The van der Waals surface area contributed by atoms with Crippen molar-refractivity contribution in [2.75, 3.05) is 5.75 Å². The Hall–Kier alpha value is -2.64. The highest BCUT2D eigenvalue weighted by molar-refractivity contribution is 7.99. The molecule has 0 fully saturated rings. The number of rotatable bonds is 5. The first-order valence-electron chi connectivity index (χ1n) is 8.85. The van der Waals surface area contributed by atoms with Crippen molar-refractivity contribution in [3.8, 4) is 5.69 Å². The fourth-order valence-electron chi connectivity index (χ4n) is 3.08. The Kier molecular flexibility index (Phi) is 4.95. The van der Waals surface area contributed by atoms with E-state index in [4.69, 9.17) is 4.98 Å². The fourth-order valence-corrected chi connectivity index (χ4v) is 5.04. The van der Waals surface area contributed by atoms with Crippen LogP contribution in [0.2, 0.25) is 0 Å². The van der Waals surface area contributed by atoms with Gasteiger partial charge in [-0.15, -0.1) is 11.3 Å². The maximum atomic E-state index is 13.4. The Morgan fingerprint density at radius 1 is 1.21 bits per heavy atom. The number of thioether (sulfide) groups is 1. The topological polar surface area (TPSA) is 67.8 Å². The van der Waals surface area contributed by atoms with E-state index in [0.717, 1.165) is 26.5 Å². The van der Waals surface area contributed by atoms with Crippen LogP contribution in [0.5, 0.6) is 0 Å². The van der Waals surface area contributed by atoms with Crippen LogP contribution in [0.3, 0.4) is 0 Å². The van der Waals surface area contributed by atoms with Gasteiger partial charge in [0, 0.05) is 11.1 Å². The zero-order chi connectivity index (χ0) is 19.8. The van der Waals surface area contributed by atoms with Gasteiger partial charge in [0.15, 0.2) is 10.9 Å². The van der Waals surface area contributed by atoms with Gasteiger partial charge in [-0.2, -0.15) is 0 Å². The summed E-state index contributed by atoms with van der Waals surface area (Å²) in [4.78, 5) is 35.3. The number of carbonyl (C=O) groups excluding carboxylic acids is 1. The highest BCUT2D eigenvalue weighted by atomic mass is 32.2. The van der Waals surface area contributed by atoms with E-state index >= 15 is 0 Å². The normalized spacial score (nSPS) is 11.2. The summed E-state index contributed by atoms with van der Waals surface area (Å²) in [6, 6.07) is 11.3. The van der Waals surface area contributed by atoms with Crippen LogP contribution in [0.1, 0.15) is 26.5 Å². The molecule has 1 N–H and O–H groups in total. The van der Waals surface area contributed by atoms with Crippen molar-refractivity contribution in [3.63, 3.8) is 0 Å². The van der Waals surface area contributed by atoms with Gasteiger partial charge in [0.2, 0.25) is 0 Å². The lowest BCUT2D eigenvalue weighted by Gasteiger charge is -2.12. The van der Waals surface area contributed by atoms with Gasteiger partial charge in [0.1, 0.15) is 4.83 Å². The maximum Gasteiger partial charge on any atom is 0.267 e. The summed E-state index contributed by atoms with van der Waals surface area (Å²) in [6.45, 7) is 5.95. The van der Waals surface area contributed by atoms with Gasteiger partial charge in [-0.25, -0.2) is 4.98 Å². The smallest absolute Gasteiger partial charge is 0.267 e. The van der Waals surface area contributed by atoms with Crippen LogP contribution in [-0.4, -0.2) is 26.1 Å². The lowest BCUT2D eigenvalue weighted by atomic mass is 10.2. The van der Waals surface area contributed by atoms with E-state index in [9.17, 15) is 9.59 Å². The molecule has 4 aromatic rings. The molecule has 4 rings (SSSR count). The molecule has 142 valence electrons. The first-order valence-corrected chi connectivity index (χ1v) is 10.6. The SMILES string of the molecule is Cc1cccc(-n2c(SCC(=O)c3ccc[nH]3)nc3sc(C)c(C)c3c2=O)c1. The molecule has 0 amide bonds. The van der Waals surface area contributed by atoms with Crippen LogP contribution in [0, 0.1) is 20.8 Å². The molecular weight excluding hydrogens is 390 g/mol. The number of carbonyl (C=O) groups is 1. The minimum atomic E-state index is -0.0905. The molecule has 0 aliphatic carbocycles. The number of nitrogens with zero attached hydrogens (tertiary/aromatic N) is 2. The number of benzene rings is 1. The van der Waals surface area contributed by atoms with E-state index in [1.165, 1.54) is 23.1 Å². The molecule has 0 atom stereocenters. The van der Waals surface area contributed by atoms with Crippen LogP contribution in [0.15, 0.2) is 52.5 Å². The molecular formula is C21H19N3O2S2. The Labute approximate surface area is 170 Å². The van der Waals surface area contributed by atoms with Gasteiger partial charge in [-0.05, 0) is 56.2 Å². The van der Waals surface area contributed by atoms with Crippen LogP contribution < -0.4 is 5.56 Å². The molecule has 28 heavy (non-hydrogen) atoms. The number of fused-ring (bicyclic) bond motifs is 1. The zero-order valence-electron chi connectivity index (χ0n) is 15.8. The van der Waals surface area contributed by atoms with Gasteiger partial charge in [0.05, 0.1) is 22.5 Å². The third-order valence-corrected chi connectivity index (χ3v) is 6.70. The Morgan fingerprint density at radius 3 is 2.75 bits per heavy atom. The van der Waals surface area contributed by atoms with E-state index in [0.29, 0.717) is 16.2 Å². The number of thiophene rings is 1. The summed E-state index contributed by atoms with van der Waals surface area (Å²) in [5.41, 5.74) is 3.25. The summed E-state index contributed by atoms with van der Waals surface area (Å²) in [5.74, 6) is 0.173. The van der Waals surface area contributed by atoms with Crippen LogP contribution in [0.25, 0.3) is 15.9 Å². The zero-order valence-corrected chi connectivity index (χ0v) is 17.4. The van der Waals surface area contributed by atoms with Gasteiger partial charge in [0.25, 0.3) is 5.56 Å². The second-order valence-corrected chi connectivity index (χ2v) is 8.78. The predicted octanol–water partition coefficient (Wildman–Crippen LogP) is 4.68. The minimum Gasteiger partial charge on any atom is -0.359 e. The number of aromatic amines is 1. The largest absolute Gasteiger partial charge is 0.359 e. The monoisotopic (exact) mass is 409 g/mol. The fraction of sp³-hybridized carbons (Fsp3) is 0.190. The summed E-state index contributed by atoms with van der Waals surface area (Å²) in [5, 5.41) is 1.19. The first kappa shape index (κ1) is 18.7. The van der Waals surface area contributed by atoms with E-state index in [-0.39, 0.29) is 17.1 Å². The second-order valence-electron chi connectivity index (χ2n) is 6.63. The summed E-state index contributed by atoms with van der Waals surface area (Å²) in [6.07, 6.45) is 1.72. The molecule has 3 heterocycles. The number of hydrogen-bond acceptors (Lipinski definition) is 5. The molecule has 0 spiro atoms. The molecule has 0 radical (unpaired) electrons. The number of nitrogens with one attached hydrogen (secondary N) is 1. The van der Waals surface area contributed by atoms with Crippen LogP contribution in [0.4, 0.5) is 0 Å². The van der Waals surface area contributed by atoms with Crippen molar-refractivity contribution in [3.05, 3.63) is 74.6 Å². The number of hydrogen-bond donors (Lipinski definition) is 1.